The minimum absolute atomic E-state index is 0.0118. The lowest BCUT2D eigenvalue weighted by atomic mass is 9.81. The number of hydrogen-bond donors (Lipinski definition) is 2. The molecule has 1 aliphatic rings. The average Bonchev–Trinajstić information content (AvgIpc) is 2.36. The monoisotopic (exact) mass is 291 g/mol. The molecular formula is C13H29N3O2S. The molecule has 0 unspecified atom stereocenters. The highest BCUT2D eigenvalue weighted by Gasteiger charge is 2.25. The van der Waals surface area contributed by atoms with Gasteiger partial charge in [0.1, 0.15) is 0 Å². The lowest BCUT2D eigenvalue weighted by molar-refractivity contribution is 0.248. The molecule has 0 spiro atoms. The van der Waals surface area contributed by atoms with Crippen LogP contribution in [-0.2, 0) is 10.0 Å². The van der Waals surface area contributed by atoms with Gasteiger partial charge in [0.15, 0.2) is 0 Å². The summed E-state index contributed by atoms with van der Waals surface area (Å²) in [5, 5.41) is 3.26. The number of hydrogen-bond acceptors (Lipinski definition) is 4. The van der Waals surface area contributed by atoms with E-state index >= 15 is 0 Å². The molecule has 0 aromatic rings. The minimum Gasteiger partial charge on any atom is -0.314 e. The van der Waals surface area contributed by atoms with Crippen molar-refractivity contribution in [2.24, 2.45) is 11.3 Å². The van der Waals surface area contributed by atoms with Crippen LogP contribution < -0.4 is 10.0 Å². The lowest BCUT2D eigenvalue weighted by Gasteiger charge is -2.30. The molecule has 1 rings (SSSR count). The number of sulfonamides is 1. The highest BCUT2D eigenvalue weighted by Crippen LogP contribution is 2.24. The lowest BCUT2D eigenvalue weighted by Crippen LogP contribution is -2.46. The van der Waals surface area contributed by atoms with E-state index in [1.807, 2.05) is 0 Å². The summed E-state index contributed by atoms with van der Waals surface area (Å²) in [7, 11) is -3.16. The van der Waals surface area contributed by atoms with E-state index in [1.165, 1.54) is 0 Å². The zero-order chi connectivity index (χ0) is 14.5. The second-order valence-corrected chi connectivity index (χ2v) is 8.30. The third-order valence-corrected chi connectivity index (χ3v) is 5.50. The van der Waals surface area contributed by atoms with Gasteiger partial charge in [-0.25, -0.2) is 13.1 Å². The predicted octanol–water partition coefficient (Wildman–Crippen LogP) is 0.493. The van der Waals surface area contributed by atoms with Gasteiger partial charge < -0.3 is 5.32 Å². The molecule has 0 atom stereocenters. The molecule has 0 radical (unpaired) electrons. The Hall–Kier alpha value is -0.170. The van der Waals surface area contributed by atoms with Gasteiger partial charge in [-0.05, 0) is 11.3 Å². The Morgan fingerprint density at radius 1 is 1.26 bits per heavy atom. The van der Waals surface area contributed by atoms with Crippen LogP contribution in [0.25, 0.3) is 0 Å². The van der Waals surface area contributed by atoms with Crippen molar-refractivity contribution in [2.75, 3.05) is 45.0 Å². The van der Waals surface area contributed by atoms with Gasteiger partial charge in [-0.2, -0.15) is 0 Å². The summed E-state index contributed by atoms with van der Waals surface area (Å²) in [5.74, 6) is 0.643. The smallest absolute Gasteiger partial charge is 0.212 e. The Balaban J connectivity index is 2.35. The molecule has 114 valence electrons. The van der Waals surface area contributed by atoms with Gasteiger partial charge in [0.25, 0.3) is 0 Å². The van der Waals surface area contributed by atoms with Gasteiger partial charge in [-0.3, -0.25) is 4.90 Å². The zero-order valence-electron chi connectivity index (χ0n) is 12.7. The van der Waals surface area contributed by atoms with Crippen LogP contribution in [0.4, 0.5) is 0 Å². The van der Waals surface area contributed by atoms with Crippen LogP contribution in [0.5, 0.6) is 0 Å². The first-order chi connectivity index (χ1) is 8.73. The molecule has 0 bridgehead atoms. The zero-order valence-corrected chi connectivity index (χ0v) is 13.5. The van der Waals surface area contributed by atoms with E-state index in [1.54, 1.807) is 0 Å². The number of nitrogens with one attached hydrogen (secondary N) is 2. The van der Waals surface area contributed by atoms with Crippen molar-refractivity contribution in [3.63, 3.8) is 0 Å². The highest BCUT2D eigenvalue weighted by molar-refractivity contribution is 7.89. The second-order valence-electron chi connectivity index (χ2n) is 6.37. The molecule has 1 aliphatic heterocycles. The van der Waals surface area contributed by atoms with Crippen molar-refractivity contribution in [3.05, 3.63) is 0 Å². The molecule has 2 N–H and O–H groups in total. The standard InChI is InChI=1S/C13H29N3O2S/c1-12(2)13(3,4)11-15-19(17,18)10-9-16-7-5-14-6-8-16/h12,14-15H,5-11H2,1-4H3. The van der Waals surface area contributed by atoms with Crippen molar-refractivity contribution in [3.8, 4) is 0 Å². The number of piperazine rings is 1. The largest absolute Gasteiger partial charge is 0.314 e. The van der Waals surface area contributed by atoms with Crippen LogP contribution in [0, 0.1) is 11.3 Å². The average molecular weight is 291 g/mol. The normalized spacial score (nSPS) is 19.0. The summed E-state index contributed by atoms with van der Waals surface area (Å²) in [5.41, 5.74) is -0.0118. The van der Waals surface area contributed by atoms with Gasteiger partial charge >= 0.3 is 0 Å². The summed E-state index contributed by atoms with van der Waals surface area (Å²) in [4.78, 5) is 2.20. The summed E-state index contributed by atoms with van der Waals surface area (Å²) >= 11 is 0. The molecular weight excluding hydrogens is 262 g/mol. The summed E-state index contributed by atoms with van der Waals surface area (Å²) < 4.78 is 26.7. The van der Waals surface area contributed by atoms with Crippen LogP contribution in [-0.4, -0.2) is 58.3 Å². The first-order valence-electron chi connectivity index (χ1n) is 7.13. The molecule has 1 fully saturated rings. The first-order valence-corrected chi connectivity index (χ1v) is 8.78. The van der Waals surface area contributed by atoms with Crippen LogP contribution in [0.1, 0.15) is 27.7 Å². The van der Waals surface area contributed by atoms with Crippen molar-refractivity contribution < 1.29 is 8.42 Å². The maximum Gasteiger partial charge on any atom is 0.212 e. The minimum atomic E-state index is -3.16. The maximum atomic E-state index is 12.0. The topological polar surface area (TPSA) is 61.4 Å². The third kappa shape index (κ3) is 6.21. The molecule has 1 heterocycles. The molecule has 5 nitrogen and oxygen atoms in total. The van der Waals surface area contributed by atoms with Crippen LogP contribution >= 0.6 is 0 Å². The molecule has 0 aliphatic carbocycles. The van der Waals surface area contributed by atoms with Crippen LogP contribution in [0.15, 0.2) is 0 Å². The van der Waals surface area contributed by atoms with Gasteiger partial charge in [-0.1, -0.05) is 27.7 Å². The predicted molar refractivity (Wildman–Crippen MR) is 79.7 cm³/mol. The van der Waals surface area contributed by atoms with Crippen molar-refractivity contribution in [1.82, 2.24) is 14.9 Å². The Morgan fingerprint density at radius 2 is 1.84 bits per heavy atom. The summed E-state index contributed by atoms with van der Waals surface area (Å²) in [6.45, 7) is 13.3. The molecule has 1 saturated heterocycles. The van der Waals surface area contributed by atoms with E-state index in [0.29, 0.717) is 19.0 Å². The van der Waals surface area contributed by atoms with E-state index in [-0.39, 0.29) is 11.2 Å². The molecule has 0 aromatic carbocycles. The Labute approximate surface area is 118 Å². The Bertz CT molecular complexity index is 360. The maximum absolute atomic E-state index is 12.0. The van der Waals surface area contributed by atoms with Crippen molar-refractivity contribution >= 4 is 10.0 Å². The number of nitrogens with zero attached hydrogens (tertiary/aromatic N) is 1. The fourth-order valence-corrected chi connectivity index (χ4v) is 2.99. The fraction of sp³-hybridized carbons (Fsp3) is 1.00. The van der Waals surface area contributed by atoms with Crippen LogP contribution in [0.3, 0.4) is 0 Å². The Kier molecular flexibility index (Phi) is 6.23. The third-order valence-electron chi connectivity index (χ3n) is 4.20. The summed E-state index contributed by atoms with van der Waals surface area (Å²) in [6, 6.07) is 0. The quantitative estimate of drug-likeness (QED) is 0.717. The van der Waals surface area contributed by atoms with E-state index < -0.39 is 10.0 Å². The molecule has 0 aromatic heterocycles. The van der Waals surface area contributed by atoms with Crippen molar-refractivity contribution in [1.29, 1.82) is 0 Å². The first kappa shape index (κ1) is 16.9. The molecule has 19 heavy (non-hydrogen) atoms. The molecule has 6 heteroatoms. The molecule has 0 saturated carbocycles. The van der Waals surface area contributed by atoms with Gasteiger partial charge in [0.2, 0.25) is 10.0 Å². The van der Waals surface area contributed by atoms with E-state index in [4.69, 9.17) is 0 Å². The van der Waals surface area contributed by atoms with Gasteiger partial charge in [0, 0.05) is 39.3 Å². The van der Waals surface area contributed by atoms with E-state index in [9.17, 15) is 8.42 Å². The van der Waals surface area contributed by atoms with E-state index in [2.05, 4.69) is 42.6 Å². The van der Waals surface area contributed by atoms with Gasteiger partial charge in [0.05, 0.1) is 5.75 Å². The summed E-state index contributed by atoms with van der Waals surface area (Å²) in [6.07, 6.45) is 0. The van der Waals surface area contributed by atoms with E-state index in [0.717, 1.165) is 26.2 Å². The van der Waals surface area contributed by atoms with Gasteiger partial charge in [-0.15, -0.1) is 0 Å². The second kappa shape index (κ2) is 7.02. The highest BCUT2D eigenvalue weighted by atomic mass is 32.2. The van der Waals surface area contributed by atoms with Crippen LogP contribution in [0.2, 0.25) is 0 Å². The fourth-order valence-electron chi connectivity index (χ4n) is 1.76. The SMILES string of the molecule is CC(C)C(C)(C)CNS(=O)(=O)CCN1CCNCC1. The Morgan fingerprint density at radius 3 is 2.37 bits per heavy atom. The molecule has 0 amide bonds. The number of rotatable bonds is 7. The van der Waals surface area contributed by atoms with Crippen molar-refractivity contribution in [2.45, 2.75) is 27.7 Å².